The summed E-state index contributed by atoms with van der Waals surface area (Å²) in [5.41, 5.74) is 2.63. The van der Waals surface area contributed by atoms with Gasteiger partial charge in [-0.15, -0.1) is 0 Å². The highest BCUT2D eigenvalue weighted by atomic mass is 35.5. The van der Waals surface area contributed by atoms with E-state index in [9.17, 15) is 0 Å². The standard InChI is InChI=1S/C10H14ClNO4/c1-14-7-4-8(15-2)10(16-3)9(11)6(7)5-12-13/h4,12-13H,5H2,1-3H3. The van der Waals surface area contributed by atoms with Gasteiger partial charge in [0.2, 0.25) is 0 Å². The minimum Gasteiger partial charge on any atom is -0.496 e. The summed E-state index contributed by atoms with van der Waals surface area (Å²) in [4.78, 5) is 0. The van der Waals surface area contributed by atoms with E-state index in [1.807, 2.05) is 5.48 Å². The lowest BCUT2D eigenvalue weighted by Gasteiger charge is -2.16. The van der Waals surface area contributed by atoms with Crippen molar-refractivity contribution in [1.82, 2.24) is 5.48 Å². The fraction of sp³-hybridized carbons (Fsp3) is 0.400. The Morgan fingerprint density at radius 1 is 1.19 bits per heavy atom. The second-order valence-electron chi connectivity index (χ2n) is 2.94. The van der Waals surface area contributed by atoms with Crippen molar-refractivity contribution in [2.45, 2.75) is 6.54 Å². The van der Waals surface area contributed by atoms with Crippen LogP contribution in [0.4, 0.5) is 0 Å². The van der Waals surface area contributed by atoms with Gasteiger partial charge in [-0.25, -0.2) is 5.48 Å². The van der Waals surface area contributed by atoms with Gasteiger partial charge in [0.25, 0.3) is 0 Å². The molecule has 90 valence electrons. The van der Waals surface area contributed by atoms with Crippen LogP contribution in [0.2, 0.25) is 5.02 Å². The van der Waals surface area contributed by atoms with Crippen molar-refractivity contribution >= 4 is 11.6 Å². The summed E-state index contributed by atoms with van der Waals surface area (Å²) >= 11 is 6.12. The molecule has 0 radical (unpaired) electrons. The first kappa shape index (κ1) is 12.9. The molecule has 6 heteroatoms. The minimum atomic E-state index is 0.155. The summed E-state index contributed by atoms with van der Waals surface area (Å²) in [6.45, 7) is 0.155. The van der Waals surface area contributed by atoms with E-state index in [0.717, 1.165) is 0 Å². The zero-order chi connectivity index (χ0) is 12.1. The van der Waals surface area contributed by atoms with E-state index >= 15 is 0 Å². The van der Waals surface area contributed by atoms with Gasteiger partial charge in [0, 0.05) is 11.6 Å². The smallest absolute Gasteiger partial charge is 0.179 e. The molecule has 0 bridgehead atoms. The predicted molar refractivity (Wildman–Crippen MR) is 59.7 cm³/mol. The van der Waals surface area contributed by atoms with Gasteiger partial charge in [-0.1, -0.05) is 11.6 Å². The molecular weight excluding hydrogens is 234 g/mol. The SMILES string of the molecule is COc1cc(OC)c(OC)c(Cl)c1CNO. The van der Waals surface area contributed by atoms with Crippen LogP contribution in [-0.2, 0) is 6.54 Å². The van der Waals surface area contributed by atoms with Crippen LogP contribution in [0.5, 0.6) is 17.2 Å². The molecule has 0 amide bonds. The van der Waals surface area contributed by atoms with Gasteiger partial charge in [0.15, 0.2) is 11.5 Å². The van der Waals surface area contributed by atoms with E-state index in [2.05, 4.69) is 0 Å². The van der Waals surface area contributed by atoms with Crippen LogP contribution in [-0.4, -0.2) is 26.5 Å². The van der Waals surface area contributed by atoms with Gasteiger partial charge in [0.1, 0.15) is 5.75 Å². The Hall–Kier alpha value is -1.17. The first-order chi connectivity index (χ1) is 7.69. The average Bonchev–Trinajstić information content (AvgIpc) is 2.31. The summed E-state index contributed by atoms with van der Waals surface area (Å²) in [5, 5.41) is 9.07. The third-order valence-corrected chi connectivity index (χ3v) is 2.55. The van der Waals surface area contributed by atoms with Crippen molar-refractivity contribution in [2.24, 2.45) is 0 Å². The largest absolute Gasteiger partial charge is 0.496 e. The molecule has 16 heavy (non-hydrogen) atoms. The minimum absolute atomic E-state index is 0.155. The zero-order valence-corrected chi connectivity index (χ0v) is 10.1. The number of ether oxygens (including phenoxy) is 3. The summed E-state index contributed by atoms with van der Waals surface area (Å²) in [7, 11) is 4.52. The maximum absolute atomic E-state index is 8.72. The molecule has 5 nitrogen and oxygen atoms in total. The summed E-state index contributed by atoms with van der Waals surface area (Å²) < 4.78 is 15.4. The molecule has 0 aromatic heterocycles. The number of hydrogen-bond donors (Lipinski definition) is 2. The number of hydroxylamine groups is 1. The van der Waals surface area contributed by atoms with Crippen molar-refractivity contribution in [1.29, 1.82) is 0 Å². The van der Waals surface area contributed by atoms with Gasteiger partial charge in [0.05, 0.1) is 32.9 Å². The van der Waals surface area contributed by atoms with Crippen molar-refractivity contribution in [3.8, 4) is 17.2 Å². The Morgan fingerprint density at radius 2 is 1.81 bits per heavy atom. The van der Waals surface area contributed by atoms with E-state index < -0.39 is 0 Å². The molecule has 0 heterocycles. The lowest BCUT2D eigenvalue weighted by molar-refractivity contribution is 0.160. The number of benzene rings is 1. The highest BCUT2D eigenvalue weighted by molar-refractivity contribution is 6.33. The van der Waals surface area contributed by atoms with Gasteiger partial charge in [-0.2, -0.15) is 0 Å². The predicted octanol–water partition coefficient (Wildman–Crippen LogP) is 1.84. The zero-order valence-electron chi connectivity index (χ0n) is 9.33. The molecule has 0 saturated heterocycles. The highest BCUT2D eigenvalue weighted by Crippen LogP contribution is 2.42. The molecule has 2 N–H and O–H groups in total. The van der Waals surface area contributed by atoms with Gasteiger partial charge >= 0.3 is 0 Å². The number of hydrogen-bond acceptors (Lipinski definition) is 5. The molecule has 1 rings (SSSR count). The Morgan fingerprint density at radius 3 is 2.25 bits per heavy atom. The van der Waals surface area contributed by atoms with Crippen LogP contribution in [0.3, 0.4) is 0 Å². The monoisotopic (exact) mass is 247 g/mol. The Bertz CT molecular complexity index is 370. The number of nitrogens with one attached hydrogen (secondary N) is 1. The molecule has 0 fully saturated rings. The third-order valence-electron chi connectivity index (χ3n) is 2.15. The average molecular weight is 248 g/mol. The number of rotatable bonds is 5. The summed E-state index contributed by atoms with van der Waals surface area (Å²) in [6.07, 6.45) is 0. The van der Waals surface area contributed by atoms with Crippen LogP contribution < -0.4 is 19.7 Å². The fourth-order valence-corrected chi connectivity index (χ4v) is 1.72. The van der Waals surface area contributed by atoms with Gasteiger partial charge < -0.3 is 19.4 Å². The van der Waals surface area contributed by atoms with Crippen LogP contribution in [0, 0.1) is 0 Å². The first-order valence-electron chi connectivity index (χ1n) is 4.53. The fourth-order valence-electron chi connectivity index (χ4n) is 1.39. The highest BCUT2D eigenvalue weighted by Gasteiger charge is 2.18. The van der Waals surface area contributed by atoms with Gasteiger partial charge in [-0.05, 0) is 0 Å². The normalized spacial score (nSPS) is 10.1. The van der Waals surface area contributed by atoms with Crippen molar-refractivity contribution in [3.63, 3.8) is 0 Å². The molecule has 1 aromatic carbocycles. The first-order valence-corrected chi connectivity index (χ1v) is 4.91. The molecule has 0 aliphatic rings. The van der Waals surface area contributed by atoms with Gasteiger partial charge in [-0.3, -0.25) is 0 Å². The van der Waals surface area contributed by atoms with E-state index in [1.165, 1.54) is 21.3 Å². The van der Waals surface area contributed by atoms with Crippen LogP contribution in [0.15, 0.2) is 6.07 Å². The van der Waals surface area contributed by atoms with E-state index in [-0.39, 0.29) is 6.54 Å². The van der Waals surface area contributed by atoms with Crippen molar-refractivity contribution in [2.75, 3.05) is 21.3 Å². The Labute approximate surface area is 98.8 Å². The van der Waals surface area contributed by atoms with E-state index in [1.54, 1.807) is 6.07 Å². The lowest BCUT2D eigenvalue weighted by atomic mass is 10.1. The molecule has 0 unspecified atom stereocenters. The van der Waals surface area contributed by atoms with Crippen molar-refractivity contribution < 1.29 is 19.4 Å². The maximum atomic E-state index is 8.72. The second kappa shape index (κ2) is 5.79. The second-order valence-corrected chi connectivity index (χ2v) is 3.32. The van der Waals surface area contributed by atoms with E-state index in [0.29, 0.717) is 27.8 Å². The topological polar surface area (TPSA) is 60.0 Å². The molecule has 0 saturated carbocycles. The lowest BCUT2D eigenvalue weighted by Crippen LogP contribution is -2.09. The number of methoxy groups -OCH3 is 3. The third kappa shape index (κ3) is 2.32. The molecule has 0 spiro atoms. The molecule has 0 aliphatic carbocycles. The molecule has 0 aliphatic heterocycles. The maximum Gasteiger partial charge on any atom is 0.179 e. The molecule has 0 atom stereocenters. The Balaban J connectivity index is 3.36. The summed E-state index contributed by atoms with van der Waals surface area (Å²) in [5.74, 6) is 1.41. The Kier molecular flexibility index (Phi) is 4.67. The molecule has 1 aromatic rings. The number of halogens is 1. The molecular formula is C10H14ClNO4. The van der Waals surface area contributed by atoms with E-state index in [4.69, 9.17) is 31.0 Å². The van der Waals surface area contributed by atoms with Crippen LogP contribution in [0.1, 0.15) is 5.56 Å². The summed E-state index contributed by atoms with van der Waals surface area (Å²) in [6, 6.07) is 1.65. The van der Waals surface area contributed by atoms with Crippen molar-refractivity contribution in [3.05, 3.63) is 16.7 Å². The van der Waals surface area contributed by atoms with Crippen LogP contribution >= 0.6 is 11.6 Å². The quantitative estimate of drug-likeness (QED) is 0.778. The van der Waals surface area contributed by atoms with Crippen LogP contribution in [0.25, 0.3) is 0 Å².